The number of hydrogen-bond acceptors (Lipinski definition) is 5. The first-order chi connectivity index (χ1) is 16.6. The van der Waals surface area contributed by atoms with E-state index in [2.05, 4.69) is 6.92 Å². The fourth-order valence-corrected chi connectivity index (χ4v) is 3.93. The van der Waals surface area contributed by atoms with Crippen molar-refractivity contribution in [1.82, 2.24) is 9.80 Å². The van der Waals surface area contributed by atoms with Crippen molar-refractivity contribution >= 4 is 11.8 Å². The third-order valence-corrected chi connectivity index (χ3v) is 5.81. The molecular weight excluding hydrogens is 432 g/mol. The first kappa shape index (κ1) is 23.4. The molecule has 0 radical (unpaired) electrons. The highest BCUT2D eigenvalue weighted by Crippen LogP contribution is 2.33. The molecule has 0 aliphatic carbocycles. The second kappa shape index (κ2) is 10.9. The molecule has 0 bridgehead atoms. The summed E-state index contributed by atoms with van der Waals surface area (Å²) in [5.74, 6) is 1.75. The quantitative estimate of drug-likeness (QED) is 0.439. The Hall–Kier alpha value is -3.74. The fraction of sp³-hybridized carbons (Fsp3) is 0.333. The molecule has 3 aromatic rings. The van der Waals surface area contributed by atoms with Crippen molar-refractivity contribution in [2.45, 2.75) is 39.8 Å². The molecule has 1 aliphatic heterocycles. The Morgan fingerprint density at radius 1 is 0.882 bits per heavy atom. The zero-order valence-corrected chi connectivity index (χ0v) is 19.7. The number of aryl methyl sites for hydroxylation is 1. The lowest BCUT2D eigenvalue weighted by Crippen LogP contribution is -2.42. The van der Waals surface area contributed by atoms with Crippen molar-refractivity contribution in [2.24, 2.45) is 0 Å². The first-order valence-corrected chi connectivity index (χ1v) is 11.6. The van der Waals surface area contributed by atoms with Crippen molar-refractivity contribution in [3.63, 3.8) is 0 Å². The zero-order valence-electron chi connectivity index (χ0n) is 19.7. The van der Waals surface area contributed by atoms with Gasteiger partial charge in [0.15, 0.2) is 11.5 Å². The molecule has 178 valence electrons. The van der Waals surface area contributed by atoms with Crippen LogP contribution in [0.5, 0.6) is 11.5 Å². The highest BCUT2D eigenvalue weighted by atomic mass is 16.7. The van der Waals surface area contributed by atoms with Crippen molar-refractivity contribution in [2.75, 3.05) is 19.9 Å². The molecule has 7 nitrogen and oxygen atoms in total. The highest BCUT2D eigenvalue weighted by molar-refractivity contribution is 5.96. The van der Waals surface area contributed by atoms with E-state index in [0.717, 1.165) is 18.4 Å². The minimum atomic E-state index is -0.152. The van der Waals surface area contributed by atoms with E-state index in [1.54, 1.807) is 22.1 Å². The third-order valence-electron chi connectivity index (χ3n) is 5.81. The maximum atomic E-state index is 13.5. The Bertz CT molecular complexity index is 1110. The molecule has 1 aromatic heterocycles. The van der Waals surface area contributed by atoms with Crippen LogP contribution in [-0.4, -0.2) is 41.5 Å². The Kier molecular flexibility index (Phi) is 7.52. The topological polar surface area (TPSA) is 72.2 Å². The van der Waals surface area contributed by atoms with E-state index in [9.17, 15) is 9.59 Å². The third kappa shape index (κ3) is 5.60. The maximum absolute atomic E-state index is 13.5. The molecule has 0 saturated carbocycles. The molecule has 0 unspecified atom stereocenters. The van der Waals surface area contributed by atoms with E-state index in [1.165, 1.54) is 5.56 Å². The summed E-state index contributed by atoms with van der Waals surface area (Å²) in [6.45, 7) is 5.42. The zero-order chi connectivity index (χ0) is 23.9. The molecule has 34 heavy (non-hydrogen) atoms. The number of carbonyl (C=O) groups excluding carboxylic acids is 2. The van der Waals surface area contributed by atoms with Crippen molar-refractivity contribution in [3.05, 3.63) is 83.3 Å². The van der Waals surface area contributed by atoms with Gasteiger partial charge >= 0.3 is 0 Å². The Balaban J connectivity index is 1.51. The number of benzene rings is 2. The van der Waals surface area contributed by atoms with Crippen LogP contribution in [0.4, 0.5) is 0 Å². The van der Waals surface area contributed by atoms with E-state index in [1.807, 2.05) is 55.5 Å². The molecule has 2 heterocycles. The molecule has 2 aromatic carbocycles. The van der Waals surface area contributed by atoms with Gasteiger partial charge in [-0.25, -0.2) is 0 Å². The molecule has 0 fully saturated rings. The summed E-state index contributed by atoms with van der Waals surface area (Å²) < 4.78 is 16.4. The first-order valence-electron chi connectivity index (χ1n) is 11.6. The molecule has 0 atom stereocenters. The van der Waals surface area contributed by atoms with Crippen LogP contribution in [0.1, 0.15) is 47.5 Å². The lowest BCUT2D eigenvalue weighted by Gasteiger charge is -2.27. The monoisotopic (exact) mass is 462 g/mol. The SMILES string of the molecule is CCCN(CC(=O)N(Cc1ccc2c(c1)OCO2)Cc1ccco1)C(=O)c1ccc(CC)cc1. The van der Waals surface area contributed by atoms with Gasteiger partial charge in [-0.1, -0.05) is 32.0 Å². The van der Waals surface area contributed by atoms with Crippen LogP contribution in [0.2, 0.25) is 0 Å². The standard InChI is InChI=1S/C27H30N2O5/c1-3-13-28(27(31)22-10-7-20(4-2)8-11-22)18-26(30)29(17-23-6-5-14-32-23)16-21-9-12-24-25(15-21)34-19-33-24/h5-12,14-15H,3-4,13,16-19H2,1-2H3. The Morgan fingerprint density at radius 2 is 1.65 bits per heavy atom. The smallest absolute Gasteiger partial charge is 0.254 e. The van der Waals surface area contributed by atoms with Crippen LogP contribution >= 0.6 is 0 Å². The van der Waals surface area contributed by atoms with E-state index >= 15 is 0 Å². The second-order valence-corrected chi connectivity index (χ2v) is 8.29. The van der Waals surface area contributed by atoms with Gasteiger partial charge in [-0.05, 0) is 60.4 Å². The summed E-state index contributed by atoms with van der Waals surface area (Å²) in [6.07, 6.45) is 3.26. The van der Waals surface area contributed by atoms with E-state index < -0.39 is 0 Å². The molecule has 7 heteroatoms. The summed E-state index contributed by atoms with van der Waals surface area (Å²) >= 11 is 0. The number of amides is 2. The number of hydrogen-bond donors (Lipinski definition) is 0. The van der Waals surface area contributed by atoms with Crippen LogP contribution in [0.15, 0.2) is 65.3 Å². The lowest BCUT2D eigenvalue weighted by molar-refractivity contribution is -0.133. The molecule has 1 aliphatic rings. The van der Waals surface area contributed by atoms with E-state index in [4.69, 9.17) is 13.9 Å². The van der Waals surface area contributed by atoms with Crippen molar-refractivity contribution < 1.29 is 23.5 Å². The average Bonchev–Trinajstić information content (AvgIpc) is 3.54. The van der Waals surface area contributed by atoms with Gasteiger partial charge in [0.05, 0.1) is 12.8 Å². The van der Waals surface area contributed by atoms with Crippen molar-refractivity contribution in [3.8, 4) is 11.5 Å². The predicted octanol–water partition coefficient (Wildman–Crippen LogP) is 4.65. The number of fused-ring (bicyclic) bond motifs is 1. The van der Waals surface area contributed by atoms with Gasteiger partial charge in [-0.2, -0.15) is 0 Å². The molecule has 0 N–H and O–H groups in total. The number of rotatable bonds is 10. The number of nitrogens with zero attached hydrogens (tertiary/aromatic N) is 2. The van der Waals surface area contributed by atoms with Crippen LogP contribution in [-0.2, 0) is 24.3 Å². The minimum Gasteiger partial charge on any atom is -0.467 e. The highest BCUT2D eigenvalue weighted by Gasteiger charge is 2.24. The normalized spacial score (nSPS) is 11.9. The van der Waals surface area contributed by atoms with Crippen LogP contribution < -0.4 is 9.47 Å². The van der Waals surface area contributed by atoms with Crippen molar-refractivity contribution in [1.29, 1.82) is 0 Å². The summed E-state index contributed by atoms with van der Waals surface area (Å²) in [5.41, 5.74) is 2.67. The van der Waals surface area contributed by atoms with Gasteiger partial charge in [-0.15, -0.1) is 0 Å². The molecule has 0 saturated heterocycles. The molecular formula is C27H30N2O5. The molecule has 2 amide bonds. The van der Waals surface area contributed by atoms with E-state index in [0.29, 0.717) is 42.5 Å². The average molecular weight is 463 g/mol. The van der Waals surface area contributed by atoms with Gasteiger partial charge in [0.2, 0.25) is 12.7 Å². The van der Waals surface area contributed by atoms with E-state index in [-0.39, 0.29) is 25.2 Å². The number of furan rings is 1. The largest absolute Gasteiger partial charge is 0.467 e. The second-order valence-electron chi connectivity index (χ2n) is 8.29. The maximum Gasteiger partial charge on any atom is 0.254 e. The summed E-state index contributed by atoms with van der Waals surface area (Å²) in [7, 11) is 0. The number of carbonyl (C=O) groups is 2. The minimum absolute atomic E-state index is 0.00649. The Morgan fingerprint density at radius 3 is 2.35 bits per heavy atom. The van der Waals surface area contributed by atoms with Crippen LogP contribution in [0, 0.1) is 0 Å². The molecule has 0 spiro atoms. The van der Waals surface area contributed by atoms with Gasteiger partial charge in [-0.3, -0.25) is 9.59 Å². The van der Waals surface area contributed by atoms with Crippen LogP contribution in [0.25, 0.3) is 0 Å². The lowest BCUT2D eigenvalue weighted by atomic mass is 10.1. The Labute approximate surface area is 199 Å². The van der Waals surface area contributed by atoms with Gasteiger partial charge in [0.25, 0.3) is 5.91 Å². The van der Waals surface area contributed by atoms with Gasteiger partial charge < -0.3 is 23.7 Å². The van der Waals surface area contributed by atoms with Gasteiger partial charge in [0, 0.05) is 18.7 Å². The summed E-state index contributed by atoms with van der Waals surface area (Å²) in [5, 5.41) is 0. The van der Waals surface area contributed by atoms with Crippen LogP contribution in [0.3, 0.4) is 0 Å². The predicted molar refractivity (Wildman–Crippen MR) is 128 cm³/mol. The fourth-order valence-electron chi connectivity index (χ4n) is 3.93. The summed E-state index contributed by atoms with van der Waals surface area (Å²) in [4.78, 5) is 30.0. The van der Waals surface area contributed by atoms with Gasteiger partial charge in [0.1, 0.15) is 12.3 Å². The molecule has 4 rings (SSSR count). The summed E-state index contributed by atoms with van der Waals surface area (Å²) in [6, 6.07) is 16.9. The number of ether oxygens (including phenoxy) is 2.